The minimum atomic E-state index is -3.20. The lowest BCUT2D eigenvalue weighted by atomic mass is 10.1. The Morgan fingerprint density at radius 3 is 2.11 bits per heavy atom. The molecule has 0 radical (unpaired) electrons. The quantitative estimate of drug-likeness (QED) is 0.423. The van der Waals surface area contributed by atoms with Crippen molar-refractivity contribution in [3.05, 3.63) is 35.5 Å². The molecule has 1 unspecified atom stereocenters. The van der Waals surface area contributed by atoms with Crippen molar-refractivity contribution >= 4 is 15.6 Å². The van der Waals surface area contributed by atoms with E-state index in [2.05, 4.69) is 6.58 Å². The normalized spacial score (nSPS) is 15.4. The van der Waals surface area contributed by atoms with Gasteiger partial charge >= 0.3 is 0 Å². The van der Waals surface area contributed by atoms with E-state index in [9.17, 15) is 13.2 Å². The molecule has 0 amide bonds. The van der Waals surface area contributed by atoms with E-state index in [0.29, 0.717) is 11.1 Å². The summed E-state index contributed by atoms with van der Waals surface area (Å²) in [5, 5.41) is -0.579. The first kappa shape index (κ1) is 16.8. The molecule has 0 aromatic rings. The van der Waals surface area contributed by atoms with E-state index in [4.69, 9.17) is 0 Å². The highest BCUT2D eigenvalue weighted by Gasteiger charge is 2.18. The summed E-state index contributed by atoms with van der Waals surface area (Å²) in [6.45, 7) is 11.9. The van der Waals surface area contributed by atoms with Gasteiger partial charge in [-0.1, -0.05) is 29.9 Å². The molecule has 0 rings (SSSR count). The zero-order valence-electron chi connectivity index (χ0n) is 11.8. The molecule has 0 aliphatic carbocycles. The number of rotatable bonds is 6. The maximum Gasteiger partial charge on any atom is 0.160 e. The maximum absolute atomic E-state index is 11.9. The first-order valence-electron chi connectivity index (χ1n) is 5.80. The number of carbonyl (C=O) groups is 1. The zero-order chi connectivity index (χ0) is 14.5. The molecule has 1 atom stereocenters. The summed E-state index contributed by atoms with van der Waals surface area (Å²) in [7, 11) is -3.20. The summed E-state index contributed by atoms with van der Waals surface area (Å²) in [6.07, 6.45) is 3.36. The molecule has 0 saturated carbocycles. The standard InChI is InChI=1S/C14H22O3S/c1-10(2)9-18(16,17)13(5)8-11(3)7-12(4)14(6)15/h7-8,13H,1,9H2,2-6H3/b11-8-,12-7+. The van der Waals surface area contributed by atoms with Gasteiger partial charge < -0.3 is 0 Å². The van der Waals surface area contributed by atoms with Crippen molar-refractivity contribution in [3.63, 3.8) is 0 Å². The van der Waals surface area contributed by atoms with Crippen LogP contribution in [-0.2, 0) is 14.6 Å². The van der Waals surface area contributed by atoms with Gasteiger partial charge in [0.2, 0.25) is 0 Å². The van der Waals surface area contributed by atoms with Crippen LogP contribution in [0.3, 0.4) is 0 Å². The van der Waals surface area contributed by atoms with E-state index in [1.165, 1.54) is 6.92 Å². The van der Waals surface area contributed by atoms with Crippen LogP contribution in [0.25, 0.3) is 0 Å². The van der Waals surface area contributed by atoms with Gasteiger partial charge in [-0.15, -0.1) is 0 Å². The van der Waals surface area contributed by atoms with Gasteiger partial charge in [-0.2, -0.15) is 0 Å². The van der Waals surface area contributed by atoms with Crippen LogP contribution in [-0.4, -0.2) is 25.2 Å². The predicted molar refractivity (Wildman–Crippen MR) is 76.3 cm³/mol. The molecule has 18 heavy (non-hydrogen) atoms. The van der Waals surface area contributed by atoms with Crippen LogP contribution in [0.4, 0.5) is 0 Å². The minimum absolute atomic E-state index is 0.00660. The maximum atomic E-state index is 11.9. The molecule has 0 saturated heterocycles. The second-order valence-corrected chi connectivity index (χ2v) is 7.12. The molecule has 0 fully saturated rings. The van der Waals surface area contributed by atoms with Crippen LogP contribution < -0.4 is 0 Å². The van der Waals surface area contributed by atoms with Crippen molar-refractivity contribution < 1.29 is 13.2 Å². The Morgan fingerprint density at radius 1 is 1.22 bits per heavy atom. The fourth-order valence-electron chi connectivity index (χ4n) is 1.44. The second kappa shape index (κ2) is 6.69. The van der Waals surface area contributed by atoms with Crippen LogP contribution in [0.1, 0.15) is 34.6 Å². The number of hydrogen-bond acceptors (Lipinski definition) is 3. The fourth-order valence-corrected chi connectivity index (χ4v) is 2.81. The second-order valence-electron chi connectivity index (χ2n) is 4.76. The minimum Gasteiger partial charge on any atom is -0.295 e. The predicted octanol–water partition coefficient (Wildman–Crippen LogP) is 2.85. The summed E-state index contributed by atoms with van der Waals surface area (Å²) in [5.41, 5.74) is 2.03. The van der Waals surface area contributed by atoms with Crippen molar-refractivity contribution in [1.29, 1.82) is 0 Å². The van der Waals surface area contributed by atoms with Crippen LogP contribution in [0.2, 0.25) is 0 Å². The van der Waals surface area contributed by atoms with Crippen LogP contribution in [0.15, 0.2) is 35.5 Å². The van der Waals surface area contributed by atoms with Gasteiger partial charge in [0.05, 0.1) is 11.0 Å². The average molecular weight is 270 g/mol. The van der Waals surface area contributed by atoms with Crippen molar-refractivity contribution in [3.8, 4) is 0 Å². The Labute approximate surface area is 110 Å². The third-order valence-electron chi connectivity index (χ3n) is 2.51. The number of Topliss-reactive ketones (excluding diaryl/α,β-unsaturated/α-hetero) is 1. The Hall–Kier alpha value is -1.16. The molecule has 0 aliphatic heterocycles. The molecule has 0 aromatic carbocycles. The van der Waals surface area contributed by atoms with Crippen LogP contribution in [0.5, 0.6) is 0 Å². The molecule has 0 N–H and O–H groups in total. The molecule has 3 nitrogen and oxygen atoms in total. The summed E-state index contributed by atoms with van der Waals surface area (Å²) in [5.74, 6) is -0.0203. The van der Waals surface area contributed by atoms with Crippen LogP contribution in [0, 0.1) is 0 Å². The lowest BCUT2D eigenvalue weighted by molar-refractivity contribution is -0.113. The van der Waals surface area contributed by atoms with Gasteiger partial charge in [0.1, 0.15) is 0 Å². The van der Waals surface area contributed by atoms with Crippen molar-refractivity contribution in [2.45, 2.75) is 39.9 Å². The third-order valence-corrected chi connectivity index (χ3v) is 4.68. The van der Waals surface area contributed by atoms with Gasteiger partial charge in [0.15, 0.2) is 15.6 Å². The molecule has 0 bridgehead atoms. The fraction of sp³-hybridized carbons (Fsp3) is 0.500. The Kier molecular flexibility index (Phi) is 6.26. The van der Waals surface area contributed by atoms with E-state index >= 15 is 0 Å². The van der Waals surface area contributed by atoms with E-state index in [-0.39, 0.29) is 11.5 Å². The number of ketones is 1. The van der Waals surface area contributed by atoms with E-state index in [1.54, 1.807) is 39.8 Å². The highest BCUT2D eigenvalue weighted by molar-refractivity contribution is 7.92. The van der Waals surface area contributed by atoms with Gasteiger partial charge in [0, 0.05) is 0 Å². The first-order chi connectivity index (χ1) is 8.06. The molecule has 0 aromatic heterocycles. The van der Waals surface area contributed by atoms with Gasteiger partial charge in [-0.25, -0.2) is 8.42 Å². The summed E-state index contributed by atoms with van der Waals surface area (Å²) >= 11 is 0. The molecule has 0 spiro atoms. The number of allylic oxidation sites excluding steroid dienone is 3. The smallest absolute Gasteiger partial charge is 0.160 e. The highest BCUT2D eigenvalue weighted by Crippen LogP contribution is 2.11. The number of sulfone groups is 1. The zero-order valence-corrected chi connectivity index (χ0v) is 12.6. The molecule has 102 valence electrons. The largest absolute Gasteiger partial charge is 0.295 e. The number of carbonyl (C=O) groups excluding carboxylic acids is 1. The average Bonchev–Trinajstić information content (AvgIpc) is 2.14. The van der Waals surface area contributed by atoms with E-state index < -0.39 is 15.1 Å². The summed E-state index contributed by atoms with van der Waals surface area (Å²) in [4.78, 5) is 11.1. The third kappa shape index (κ3) is 5.96. The van der Waals surface area contributed by atoms with Gasteiger partial charge in [-0.05, 0) is 40.2 Å². The monoisotopic (exact) mass is 270 g/mol. The molecule has 0 heterocycles. The van der Waals surface area contributed by atoms with E-state index in [0.717, 1.165) is 5.57 Å². The Morgan fingerprint density at radius 2 is 1.72 bits per heavy atom. The molecule has 4 heteroatoms. The van der Waals surface area contributed by atoms with Gasteiger partial charge in [-0.3, -0.25) is 4.79 Å². The lowest BCUT2D eigenvalue weighted by Gasteiger charge is -2.09. The highest BCUT2D eigenvalue weighted by atomic mass is 32.2. The van der Waals surface area contributed by atoms with Crippen molar-refractivity contribution in [1.82, 2.24) is 0 Å². The summed E-state index contributed by atoms with van der Waals surface area (Å²) < 4.78 is 23.8. The van der Waals surface area contributed by atoms with E-state index in [1.807, 2.05) is 0 Å². The lowest BCUT2D eigenvalue weighted by Crippen LogP contribution is -2.19. The Bertz CT molecular complexity index is 493. The Balaban J connectivity index is 5.04. The molecular weight excluding hydrogens is 248 g/mol. The molecule has 0 aliphatic rings. The SMILES string of the molecule is C=C(C)CS(=O)(=O)C(C)/C=C(C)\C=C(/C)C(C)=O. The molecular formula is C14H22O3S. The van der Waals surface area contributed by atoms with Crippen molar-refractivity contribution in [2.75, 3.05) is 5.75 Å². The van der Waals surface area contributed by atoms with Crippen molar-refractivity contribution in [2.24, 2.45) is 0 Å². The first-order valence-corrected chi connectivity index (χ1v) is 7.51. The van der Waals surface area contributed by atoms with Crippen LogP contribution >= 0.6 is 0 Å². The number of hydrogen-bond donors (Lipinski definition) is 0. The van der Waals surface area contributed by atoms with Gasteiger partial charge in [0.25, 0.3) is 0 Å². The topological polar surface area (TPSA) is 51.2 Å². The summed E-state index contributed by atoms with van der Waals surface area (Å²) in [6, 6.07) is 0.